The number of carbonyl (C=O) groups excluding carboxylic acids is 1. The average molecular weight is 325 g/mol. The lowest BCUT2D eigenvalue weighted by Crippen LogP contribution is -2.51. The van der Waals surface area contributed by atoms with E-state index in [1.807, 2.05) is 13.8 Å². The third-order valence-electron chi connectivity index (χ3n) is 3.22. The van der Waals surface area contributed by atoms with Crippen molar-refractivity contribution in [2.24, 2.45) is 5.92 Å². The summed E-state index contributed by atoms with van der Waals surface area (Å²) in [6.45, 7) is 3.41. The minimum absolute atomic E-state index is 0.118. The fourth-order valence-electron chi connectivity index (χ4n) is 2.17. The Morgan fingerprint density at radius 2 is 2.00 bits per heavy atom. The highest BCUT2D eigenvalue weighted by atomic mass is 16.4. The van der Waals surface area contributed by atoms with Crippen LogP contribution < -0.4 is 10.6 Å². The number of aromatic hydroxyl groups is 1. The first-order valence-corrected chi connectivity index (χ1v) is 7.37. The van der Waals surface area contributed by atoms with Gasteiger partial charge in [-0.2, -0.15) is 0 Å². The summed E-state index contributed by atoms with van der Waals surface area (Å²) in [4.78, 5) is 26.8. The lowest BCUT2D eigenvalue weighted by atomic mass is 10.0. The normalized spacial score (nSPS) is 13.4. The van der Waals surface area contributed by atoms with Crippen molar-refractivity contribution >= 4 is 12.0 Å². The second-order valence-corrected chi connectivity index (χ2v) is 5.71. The van der Waals surface area contributed by atoms with Gasteiger partial charge >= 0.3 is 6.09 Å². The molecule has 0 aliphatic rings. The van der Waals surface area contributed by atoms with Crippen molar-refractivity contribution < 1.29 is 24.9 Å². The summed E-state index contributed by atoms with van der Waals surface area (Å²) < 4.78 is 0. The minimum Gasteiger partial charge on any atom is -0.493 e. The van der Waals surface area contributed by atoms with E-state index in [9.17, 15) is 19.8 Å². The fraction of sp³-hybridized carbons (Fsp3) is 0.533. The molecular weight excluding hydrogens is 302 g/mol. The van der Waals surface area contributed by atoms with E-state index in [0.717, 1.165) is 0 Å². The number of hydrogen-bond acceptors (Lipinski definition) is 5. The van der Waals surface area contributed by atoms with Crippen LogP contribution in [0.5, 0.6) is 5.88 Å². The largest absolute Gasteiger partial charge is 0.493 e. The standard InChI is InChI=1S/C15H23N3O5/c1-9(2)6-12(18-15(22)23)14(21)17-11(8-19)7-10-4-3-5-16-13(10)20/h3-5,9,11-12,18-19H,6-8H2,1-2H3,(H,16,20)(H,17,21)(H,22,23)/t11-,12-/m0/s1. The van der Waals surface area contributed by atoms with Gasteiger partial charge in [0.25, 0.3) is 0 Å². The number of rotatable bonds is 8. The molecule has 0 saturated heterocycles. The molecule has 23 heavy (non-hydrogen) atoms. The molecule has 0 aliphatic heterocycles. The van der Waals surface area contributed by atoms with E-state index >= 15 is 0 Å². The molecule has 0 aliphatic carbocycles. The Bertz CT molecular complexity index is 536. The molecule has 128 valence electrons. The molecule has 1 aromatic heterocycles. The molecule has 0 saturated carbocycles. The summed E-state index contributed by atoms with van der Waals surface area (Å²) in [6.07, 6.45) is 0.676. The summed E-state index contributed by atoms with van der Waals surface area (Å²) in [5.74, 6) is -0.557. The lowest BCUT2D eigenvalue weighted by molar-refractivity contribution is -0.124. The SMILES string of the molecule is CC(C)C[C@H](NC(=O)O)C(=O)N[C@H](CO)Cc1cccnc1O. The van der Waals surface area contributed by atoms with Crippen molar-refractivity contribution in [1.82, 2.24) is 15.6 Å². The molecule has 0 unspecified atom stereocenters. The monoisotopic (exact) mass is 325 g/mol. The quantitative estimate of drug-likeness (QED) is 0.472. The average Bonchev–Trinajstić information content (AvgIpc) is 2.47. The number of carbonyl (C=O) groups is 2. The molecule has 0 aromatic carbocycles. The second-order valence-electron chi connectivity index (χ2n) is 5.71. The summed E-state index contributed by atoms with van der Waals surface area (Å²) in [5.41, 5.74) is 0.485. The zero-order chi connectivity index (χ0) is 17.4. The van der Waals surface area contributed by atoms with Crippen molar-refractivity contribution in [3.63, 3.8) is 0 Å². The van der Waals surface area contributed by atoms with Gasteiger partial charge in [0.05, 0.1) is 12.6 Å². The summed E-state index contributed by atoms with van der Waals surface area (Å²) in [5, 5.41) is 32.7. The Morgan fingerprint density at radius 1 is 1.30 bits per heavy atom. The molecular formula is C15H23N3O5. The maximum atomic E-state index is 12.2. The van der Waals surface area contributed by atoms with Crippen LogP contribution >= 0.6 is 0 Å². The van der Waals surface area contributed by atoms with Gasteiger partial charge < -0.3 is 26.0 Å². The number of aliphatic hydroxyl groups is 1. The number of hydrogen-bond donors (Lipinski definition) is 5. The first kappa shape index (κ1) is 18.7. The van der Waals surface area contributed by atoms with Crippen LogP contribution in [-0.2, 0) is 11.2 Å². The topological polar surface area (TPSA) is 132 Å². The van der Waals surface area contributed by atoms with E-state index in [-0.39, 0.29) is 24.8 Å². The highest BCUT2D eigenvalue weighted by Crippen LogP contribution is 2.14. The number of amides is 2. The third-order valence-corrected chi connectivity index (χ3v) is 3.22. The highest BCUT2D eigenvalue weighted by Gasteiger charge is 2.24. The molecule has 0 radical (unpaired) electrons. The fourth-order valence-corrected chi connectivity index (χ4v) is 2.17. The van der Waals surface area contributed by atoms with Crippen LogP contribution in [0.4, 0.5) is 4.79 Å². The second kappa shape index (κ2) is 8.94. The van der Waals surface area contributed by atoms with Crippen LogP contribution in [0.2, 0.25) is 0 Å². The van der Waals surface area contributed by atoms with E-state index in [1.165, 1.54) is 6.20 Å². The van der Waals surface area contributed by atoms with Crippen LogP contribution in [0.3, 0.4) is 0 Å². The predicted molar refractivity (Wildman–Crippen MR) is 83.0 cm³/mol. The lowest BCUT2D eigenvalue weighted by Gasteiger charge is -2.22. The Hall–Kier alpha value is -2.35. The van der Waals surface area contributed by atoms with Gasteiger partial charge in [-0.05, 0) is 18.4 Å². The van der Waals surface area contributed by atoms with E-state index < -0.39 is 24.1 Å². The third kappa shape index (κ3) is 6.52. The van der Waals surface area contributed by atoms with E-state index in [1.54, 1.807) is 12.1 Å². The minimum atomic E-state index is -1.28. The van der Waals surface area contributed by atoms with Gasteiger partial charge in [-0.1, -0.05) is 19.9 Å². The smallest absolute Gasteiger partial charge is 0.405 e. The maximum absolute atomic E-state index is 12.2. The molecule has 2 atom stereocenters. The van der Waals surface area contributed by atoms with Crippen molar-refractivity contribution in [3.8, 4) is 5.88 Å². The molecule has 8 heteroatoms. The Balaban J connectivity index is 2.73. The van der Waals surface area contributed by atoms with E-state index in [4.69, 9.17) is 5.11 Å². The zero-order valence-electron chi connectivity index (χ0n) is 13.2. The molecule has 2 amide bonds. The number of nitrogens with zero attached hydrogens (tertiary/aromatic N) is 1. The number of nitrogens with one attached hydrogen (secondary N) is 2. The summed E-state index contributed by atoms with van der Waals surface area (Å²) >= 11 is 0. The first-order chi connectivity index (χ1) is 10.8. The zero-order valence-corrected chi connectivity index (χ0v) is 13.2. The molecule has 8 nitrogen and oxygen atoms in total. The molecule has 5 N–H and O–H groups in total. The molecule has 0 spiro atoms. The number of aliphatic hydroxyl groups excluding tert-OH is 1. The van der Waals surface area contributed by atoms with Crippen molar-refractivity contribution in [2.45, 2.75) is 38.8 Å². The van der Waals surface area contributed by atoms with Gasteiger partial charge in [0, 0.05) is 18.2 Å². The van der Waals surface area contributed by atoms with Crippen LogP contribution in [0.25, 0.3) is 0 Å². The van der Waals surface area contributed by atoms with E-state index in [2.05, 4.69) is 15.6 Å². The van der Waals surface area contributed by atoms with Crippen molar-refractivity contribution in [1.29, 1.82) is 0 Å². The summed E-state index contributed by atoms with van der Waals surface area (Å²) in [6, 6.07) is 1.73. The highest BCUT2D eigenvalue weighted by molar-refractivity contribution is 5.85. The Kier molecular flexibility index (Phi) is 7.27. The van der Waals surface area contributed by atoms with Crippen molar-refractivity contribution in [3.05, 3.63) is 23.9 Å². The Labute approximate surface area is 134 Å². The van der Waals surface area contributed by atoms with Gasteiger partial charge in [0.15, 0.2) is 0 Å². The molecule has 0 bridgehead atoms. The summed E-state index contributed by atoms with van der Waals surface area (Å²) in [7, 11) is 0. The van der Waals surface area contributed by atoms with Crippen LogP contribution in [0, 0.1) is 5.92 Å². The molecule has 1 rings (SSSR count). The first-order valence-electron chi connectivity index (χ1n) is 7.37. The van der Waals surface area contributed by atoms with Gasteiger partial charge in [-0.3, -0.25) is 4.79 Å². The van der Waals surface area contributed by atoms with Crippen molar-refractivity contribution in [2.75, 3.05) is 6.61 Å². The van der Waals surface area contributed by atoms with Gasteiger partial charge in [-0.15, -0.1) is 0 Å². The number of aromatic nitrogens is 1. The molecule has 1 aromatic rings. The maximum Gasteiger partial charge on any atom is 0.405 e. The molecule has 1 heterocycles. The van der Waals surface area contributed by atoms with Gasteiger partial charge in [0.1, 0.15) is 6.04 Å². The van der Waals surface area contributed by atoms with Crippen LogP contribution in [0.1, 0.15) is 25.8 Å². The predicted octanol–water partition coefficient (Wildman–Crippen LogP) is 0.489. The molecule has 0 fully saturated rings. The Morgan fingerprint density at radius 3 is 2.52 bits per heavy atom. The van der Waals surface area contributed by atoms with Crippen LogP contribution in [-0.4, -0.2) is 51.0 Å². The number of carboxylic acid groups (broad SMARTS) is 1. The number of pyridine rings is 1. The van der Waals surface area contributed by atoms with Gasteiger partial charge in [0.2, 0.25) is 11.8 Å². The van der Waals surface area contributed by atoms with Crippen LogP contribution in [0.15, 0.2) is 18.3 Å². The van der Waals surface area contributed by atoms with Gasteiger partial charge in [-0.25, -0.2) is 9.78 Å². The van der Waals surface area contributed by atoms with E-state index in [0.29, 0.717) is 12.0 Å².